The number of amides is 1. The van der Waals surface area contributed by atoms with Crippen molar-refractivity contribution in [1.82, 2.24) is 4.90 Å². The molecule has 0 aromatic heterocycles. The summed E-state index contributed by atoms with van der Waals surface area (Å²) in [6.07, 6.45) is 1.43. The Morgan fingerprint density at radius 1 is 1.19 bits per heavy atom. The zero-order valence-corrected chi connectivity index (χ0v) is 17.5. The van der Waals surface area contributed by atoms with Gasteiger partial charge in [-0.25, -0.2) is 4.79 Å². The highest BCUT2D eigenvalue weighted by Gasteiger charge is 2.33. The third-order valence-corrected chi connectivity index (χ3v) is 4.02. The summed E-state index contributed by atoms with van der Waals surface area (Å²) in [4.78, 5) is 37.0. The third kappa shape index (κ3) is 8.43. The number of carbonyl (C=O) groups excluding carboxylic acids is 2. The summed E-state index contributed by atoms with van der Waals surface area (Å²) in [7, 11) is 1.54. The van der Waals surface area contributed by atoms with Crippen molar-refractivity contribution in [1.29, 1.82) is 0 Å². The van der Waals surface area contributed by atoms with E-state index in [9.17, 15) is 19.5 Å². The van der Waals surface area contributed by atoms with Crippen LogP contribution in [0.15, 0.2) is 24.3 Å². The van der Waals surface area contributed by atoms with Crippen LogP contribution in [0.5, 0.6) is 5.75 Å². The Bertz CT molecular complexity index is 603. The molecule has 1 rings (SSSR count). The molecule has 0 saturated carbocycles. The topological polar surface area (TPSA) is 83.9 Å². The van der Waals surface area contributed by atoms with E-state index in [1.807, 2.05) is 0 Å². The number of halogens is 1. The van der Waals surface area contributed by atoms with Crippen molar-refractivity contribution in [2.75, 3.05) is 13.0 Å². The van der Waals surface area contributed by atoms with Crippen molar-refractivity contribution in [3.63, 3.8) is 0 Å². The molecule has 0 aliphatic rings. The van der Waals surface area contributed by atoms with Crippen molar-refractivity contribution in [3.8, 4) is 5.75 Å². The lowest BCUT2D eigenvalue weighted by Gasteiger charge is -2.29. The molecule has 7 heteroatoms. The van der Waals surface area contributed by atoms with Crippen molar-refractivity contribution >= 4 is 29.3 Å². The minimum atomic E-state index is -1.13. The largest absolute Gasteiger partial charge is 0.497 e. The van der Waals surface area contributed by atoms with Crippen molar-refractivity contribution in [2.24, 2.45) is 5.92 Å². The predicted octanol–water partition coefficient (Wildman–Crippen LogP) is 3.75. The highest BCUT2D eigenvalue weighted by molar-refractivity contribution is 6.18. The van der Waals surface area contributed by atoms with E-state index < -0.39 is 23.8 Å². The summed E-state index contributed by atoms with van der Waals surface area (Å²) in [6.45, 7) is 7.07. The highest BCUT2D eigenvalue weighted by Crippen LogP contribution is 2.19. The molecule has 2 atom stereocenters. The second kappa shape index (κ2) is 13.1. The molecule has 0 heterocycles. The van der Waals surface area contributed by atoms with E-state index in [2.05, 4.69) is 13.8 Å². The molecule has 27 heavy (non-hydrogen) atoms. The van der Waals surface area contributed by atoms with Gasteiger partial charge in [0, 0.05) is 12.4 Å². The molecule has 0 aliphatic heterocycles. The van der Waals surface area contributed by atoms with Crippen LogP contribution in [0.3, 0.4) is 0 Å². The van der Waals surface area contributed by atoms with Gasteiger partial charge in [-0.2, -0.15) is 0 Å². The first-order valence-electron chi connectivity index (χ1n) is 8.95. The molecular weight excluding hydrogens is 370 g/mol. The van der Waals surface area contributed by atoms with E-state index >= 15 is 0 Å². The van der Waals surface area contributed by atoms with E-state index in [4.69, 9.17) is 16.3 Å². The molecule has 152 valence electrons. The first-order chi connectivity index (χ1) is 12.7. The number of benzene rings is 1. The number of rotatable bonds is 9. The van der Waals surface area contributed by atoms with Crippen LogP contribution in [-0.4, -0.2) is 46.7 Å². The number of carboxylic acids is 1. The Morgan fingerprint density at radius 3 is 2.07 bits per heavy atom. The summed E-state index contributed by atoms with van der Waals surface area (Å²) < 4.78 is 5.07. The number of ketones is 1. The van der Waals surface area contributed by atoms with Crippen LogP contribution in [0.1, 0.15) is 46.1 Å². The SMILES string of the molecule is CCC.COc1ccc(CN(C(=O)[C@H](CCCl)C(C)=O)C(C)C(=O)O)cc1. The quantitative estimate of drug-likeness (QED) is 0.505. The number of alkyl halides is 1. The first kappa shape index (κ1) is 24.9. The molecule has 6 nitrogen and oxygen atoms in total. The van der Waals surface area contributed by atoms with Gasteiger partial charge in [-0.3, -0.25) is 9.59 Å². The number of aliphatic carboxylic acids is 1. The van der Waals surface area contributed by atoms with Crippen LogP contribution in [0.25, 0.3) is 0 Å². The number of hydrogen-bond donors (Lipinski definition) is 1. The smallest absolute Gasteiger partial charge is 0.326 e. The minimum absolute atomic E-state index is 0.0857. The van der Waals surface area contributed by atoms with E-state index in [-0.39, 0.29) is 24.6 Å². The Morgan fingerprint density at radius 2 is 1.70 bits per heavy atom. The number of ether oxygens (including phenoxy) is 1. The third-order valence-electron chi connectivity index (χ3n) is 3.81. The van der Waals surface area contributed by atoms with E-state index in [1.165, 1.54) is 25.2 Å². The van der Waals surface area contributed by atoms with Gasteiger partial charge in [-0.05, 0) is 38.0 Å². The van der Waals surface area contributed by atoms with Gasteiger partial charge < -0.3 is 14.7 Å². The van der Waals surface area contributed by atoms with Gasteiger partial charge in [0.25, 0.3) is 0 Å². The van der Waals surface area contributed by atoms with Crippen LogP contribution in [-0.2, 0) is 20.9 Å². The fourth-order valence-corrected chi connectivity index (χ4v) is 2.49. The van der Waals surface area contributed by atoms with Crippen LogP contribution >= 0.6 is 11.6 Å². The highest BCUT2D eigenvalue weighted by atomic mass is 35.5. The van der Waals surface area contributed by atoms with Gasteiger partial charge in [-0.15, -0.1) is 11.6 Å². The normalized spacial score (nSPS) is 12.2. The molecule has 1 unspecified atom stereocenters. The summed E-state index contributed by atoms with van der Waals surface area (Å²) in [5.41, 5.74) is 0.741. The van der Waals surface area contributed by atoms with Crippen LogP contribution in [0, 0.1) is 5.92 Å². The number of carboxylic acid groups (broad SMARTS) is 1. The van der Waals surface area contributed by atoms with Crippen molar-refractivity contribution < 1.29 is 24.2 Å². The lowest BCUT2D eigenvalue weighted by molar-refractivity contribution is -0.153. The second-order valence-electron chi connectivity index (χ2n) is 6.18. The van der Waals surface area contributed by atoms with Gasteiger partial charge in [0.15, 0.2) is 0 Å². The molecule has 0 radical (unpaired) electrons. The zero-order valence-electron chi connectivity index (χ0n) is 16.7. The van der Waals surface area contributed by atoms with Gasteiger partial charge in [0.2, 0.25) is 5.91 Å². The second-order valence-corrected chi connectivity index (χ2v) is 6.55. The Balaban J connectivity index is 0.00000210. The molecule has 0 spiro atoms. The summed E-state index contributed by atoms with van der Waals surface area (Å²) in [6, 6.07) is 5.89. The summed E-state index contributed by atoms with van der Waals surface area (Å²) in [5.74, 6) is -2.10. The Hall–Kier alpha value is -2.08. The lowest BCUT2D eigenvalue weighted by Crippen LogP contribution is -2.47. The molecular formula is C20H30ClNO5. The van der Waals surface area contributed by atoms with Crippen LogP contribution in [0.2, 0.25) is 0 Å². The predicted molar refractivity (Wildman–Crippen MR) is 106 cm³/mol. The minimum Gasteiger partial charge on any atom is -0.497 e. The summed E-state index contributed by atoms with van der Waals surface area (Å²) >= 11 is 5.67. The van der Waals surface area contributed by atoms with Crippen molar-refractivity contribution in [3.05, 3.63) is 29.8 Å². The van der Waals surface area contributed by atoms with Gasteiger partial charge in [0.05, 0.1) is 13.0 Å². The monoisotopic (exact) mass is 399 g/mol. The maximum absolute atomic E-state index is 12.7. The number of hydrogen-bond acceptors (Lipinski definition) is 4. The number of Topliss-reactive ketones (excluding diaryl/α,β-unsaturated/α-hetero) is 1. The first-order valence-corrected chi connectivity index (χ1v) is 9.49. The van der Waals surface area contributed by atoms with Crippen LogP contribution < -0.4 is 4.74 Å². The van der Waals surface area contributed by atoms with E-state index in [1.54, 1.807) is 31.4 Å². The van der Waals surface area contributed by atoms with Crippen LogP contribution in [0.4, 0.5) is 0 Å². The number of nitrogens with zero attached hydrogens (tertiary/aromatic N) is 1. The van der Waals surface area contributed by atoms with Gasteiger partial charge in [-0.1, -0.05) is 32.4 Å². The van der Waals surface area contributed by atoms with Crippen molar-refractivity contribution in [2.45, 2.75) is 53.1 Å². The Kier molecular flexibility index (Phi) is 12.1. The fraction of sp³-hybridized carbons (Fsp3) is 0.550. The molecule has 0 saturated heterocycles. The van der Waals surface area contributed by atoms with E-state index in [0.717, 1.165) is 5.56 Å². The van der Waals surface area contributed by atoms with Gasteiger partial charge in [0.1, 0.15) is 17.6 Å². The standard InChI is InChI=1S/C17H22ClNO5.C3H8/c1-11(17(22)23)19(16(21)15(8-9-18)12(2)20)10-13-4-6-14(24-3)7-5-13;1-3-2/h4-7,11,15H,8-10H2,1-3H3,(H,22,23);3H2,1-2H3/t11?,15-;/m1./s1. The maximum Gasteiger partial charge on any atom is 0.326 e. The molecule has 1 aromatic rings. The average molecular weight is 400 g/mol. The number of carbonyl (C=O) groups is 3. The maximum atomic E-state index is 12.7. The van der Waals surface area contributed by atoms with E-state index in [0.29, 0.717) is 5.75 Å². The molecule has 1 N–H and O–H groups in total. The summed E-state index contributed by atoms with van der Waals surface area (Å²) in [5, 5.41) is 9.29. The van der Waals surface area contributed by atoms with Gasteiger partial charge >= 0.3 is 5.97 Å². The Labute approximate surface area is 166 Å². The molecule has 1 aromatic carbocycles. The lowest BCUT2D eigenvalue weighted by atomic mass is 9.99. The molecule has 0 aliphatic carbocycles. The average Bonchev–Trinajstić information content (AvgIpc) is 2.63. The number of methoxy groups -OCH3 is 1. The fourth-order valence-electron chi connectivity index (χ4n) is 2.28. The molecule has 1 amide bonds. The molecule has 0 fully saturated rings. The molecule has 0 bridgehead atoms. The zero-order chi connectivity index (χ0) is 21.0.